The summed E-state index contributed by atoms with van der Waals surface area (Å²) in [5, 5.41) is 12.7. The Bertz CT molecular complexity index is 500. The number of carbonyl (C=O) groups is 1. The predicted octanol–water partition coefficient (Wildman–Crippen LogP) is 2.14. The lowest BCUT2D eigenvalue weighted by molar-refractivity contribution is -0.124. The molecule has 1 aliphatic carbocycles. The maximum Gasteiger partial charge on any atom is 0.234 e. The van der Waals surface area contributed by atoms with Crippen molar-refractivity contribution in [2.75, 3.05) is 19.7 Å². The number of aryl methyl sites for hydroxylation is 1. The smallest absolute Gasteiger partial charge is 0.234 e. The summed E-state index contributed by atoms with van der Waals surface area (Å²) in [6.07, 6.45) is 4.87. The van der Waals surface area contributed by atoms with Gasteiger partial charge in [-0.1, -0.05) is 38.1 Å². The maximum absolute atomic E-state index is 12.2. The molecular formula is C19H30N2O2. The summed E-state index contributed by atoms with van der Waals surface area (Å²) in [6, 6.07) is 8.96. The van der Waals surface area contributed by atoms with Crippen LogP contribution in [0.1, 0.15) is 44.2 Å². The second-order valence-corrected chi connectivity index (χ2v) is 6.43. The van der Waals surface area contributed by atoms with Crippen molar-refractivity contribution < 1.29 is 9.90 Å². The first kappa shape index (κ1) is 18.0. The van der Waals surface area contributed by atoms with Crippen molar-refractivity contribution >= 4 is 5.91 Å². The summed E-state index contributed by atoms with van der Waals surface area (Å²) in [4.78, 5) is 14.4. The summed E-state index contributed by atoms with van der Waals surface area (Å²) in [5.41, 5.74) is 2.81. The molecule has 0 spiro atoms. The molecule has 2 atom stereocenters. The third kappa shape index (κ3) is 4.79. The Morgan fingerprint density at radius 2 is 2.09 bits per heavy atom. The van der Waals surface area contributed by atoms with E-state index in [1.165, 1.54) is 11.1 Å². The molecule has 0 radical (unpaired) electrons. The molecule has 0 unspecified atom stereocenters. The zero-order chi connectivity index (χ0) is 16.7. The van der Waals surface area contributed by atoms with Gasteiger partial charge >= 0.3 is 0 Å². The van der Waals surface area contributed by atoms with E-state index in [-0.39, 0.29) is 18.6 Å². The van der Waals surface area contributed by atoms with Crippen LogP contribution in [-0.4, -0.2) is 47.7 Å². The van der Waals surface area contributed by atoms with Crippen LogP contribution in [0.2, 0.25) is 0 Å². The molecule has 4 heteroatoms. The number of aliphatic hydroxyl groups excluding tert-OH is 1. The molecular weight excluding hydrogens is 288 g/mol. The third-order valence-corrected chi connectivity index (χ3v) is 4.84. The number of amides is 1. The molecule has 1 aliphatic rings. The van der Waals surface area contributed by atoms with Gasteiger partial charge in [-0.3, -0.25) is 9.69 Å². The van der Waals surface area contributed by atoms with Crippen molar-refractivity contribution in [3.05, 3.63) is 35.4 Å². The first-order valence-corrected chi connectivity index (χ1v) is 8.89. The fraction of sp³-hybridized carbons (Fsp3) is 0.632. The predicted molar refractivity (Wildman–Crippen MR) is 93.4 cm³/mol. The van der Waals surface area contributed by atoms with E-state index in [2.05, 4.69) is 48.3 Å². The van der Waals surface area contributed by atoms with Gasteiger partial charge in [0, 0.05) is 18.6 Å². The molecule has 0 aromatic heterocycles. The highest BCUT2D eigenvalue weighted by Gasteiger charge is 2.29. The van der Waals surface area contributed by atoms with E-state index >= 15 is 0 Å². The summed E-state index contributed by atoms with van der Waals surface area (Å²) in [7, 11) is 0. The summed E-state index contributed by atoms with van der Waals surface area (Å²) in [5.74, 6) is 0.0672. The zero-order valence-corrected chi connectivity index (χ0v) is 14.4. The number of rotatable bonds is 8. The minimum Gasteiger partial charge on any atom is -0.395 e. The molecule has 1 amide bonds. The van der Waals surface area contributed by atoms with Gasteiger partial charge in [0.05, 0.1) is 13.2 Å². The molecule has 4 nitrogen and oxygen atoms in total. The largest absolute Gasteiger partial charge is 0.395 e. The molecule has 0 saturated heterocycles. The lowest BCUT2D eigenvalue weighted by atomic mass is 9.86. The molecule has 0 saturated carbocycles. The summed E-state index contributed by atoms with van der Waals surface area (Å²) >= 11 is 0. The zero-order valence-electron chi connectivity index (χ0n) is 14.4. The van der Waals surface area contributed by atoms with E-state index in [9.17, 15) is 9.90 Å². The second-order valence-electron chi connectivity index (χ2n) is 6.43. The fourth-order valence-corrected chi connectivity index (χ4v) is 3.47. The molecule has 2 rings (SSSR count). The van der Waals surface area contributed by atoms with Crippen LogP contribution < -0.4 is 5.32 Å². The number of hydrogen-bond donors (Lipinski definition) is 2. The average molecular weight is 318 g/mol. The number of nitrogens with one attached hydrogen (secondary N) is 1. The number of aliphatic hydroxyl groups is 1. The van der Waals surface area contributed by atoms with Crippen LogP contribution in [0.3, 0.4) is 0 Å². The highest BCUT2D eigenvalue weighted by atomic mass is 16.3. The Kier molecular flexibility index (Phi) is 7.06. The standard InChI is InChI=1S/C19H30N2O2/c1-3-11-20-19(23)13-21(17(4-2)14-22)18-10-9-15-7-5-6-8-16(15)12-18/h5-8,17-18,22H,3-4,9-14H2,1-2H3,(H,20,23)/t17-,18-/m0/s1. The van der Waals surface area contributed by atoms with E-state index < -0.39 is 0 Å². The van der Waals surface area contributed by atoms with Gasteiger partial charge in [0.2, 0.25) is 5.91 Å². The second kappa shape index (κ2) is 9.04. The molecule has 0 fully saturated rings. The van der Waals surface area contributed by atoms with Crippen molar-refractivity contribution in [3.63, 3.8) is 0 Å². The van der Waals surface area contributed by atoms with Crippen LogP contribution in [0, 0.1) is 0 Å². The fourth-order valence-electron chi connectivity index (χ4n) is 3.47. The lowest BCUT2D eigenvalue weighted by Crippen LogP contribution is -2.51. The number of fused-ring (bicyclic) bond motifs is 1. The Labute approximate surface area is 139 Å². The van der Waals surface area contributed by atoms with Crippen molar-refractivity contribution in [3.8, 4) is 0 Å². The van der Waals surface area contributed by atoms with Gasteiger partial charge in [-0.15, -0.1) is 0 Å². The highest BCUT2D eigenvalue weighted by molar-refractivity contribution is 5.78. The van der Waals surface area contributed by atoms with Crippen LogP contribution in [0.4, 0.5) is 0 Å². The van der Waals surface area contributed by atoms with Crippen molar-refractivity contribution in [2.45, 2.75) is 58.0 Å². The van der Waals surface area contributed by atoms with E-state index in [1.807, 2.05) is 0 Å². The minimum atomic E-state index is 0.0534. The molecule has 1 aromatic carbocycles. The number of nitrogens with zero attached hydrogens (tertiary/aromatic N) is 1. The Morgan fingerprint density at radius 3 is 2.74 bits per heavy atom. The Balaban J connectivity index is 2.09. The van der Waals surface area contributed by atoms with Crippen LogP contribution in [0.5, 0.6) is 0 Å². The van der Waals surface area contributed by atoms with Crippen molar-refractivity contribution in [1.82, 2.24) is 10.2 Å². The van der Waals surface area contributed by atoms with Crippen LogP contribution in [-0.2, 0) is 17.6 Å². The van der Waals surface area contributed by atoms with Crippen LogP contribution in [0.25, 0.3) is 0 Å². The highest BCUT2D eigenvalue weighted by Crippen LogP contribution is 2.26. The van der Waals surface area contributed by atoms with Gasteiger partial charge in [-0.2, -0.15) is 0 Å². The topological polar surface area (TPSA) is 52.6 Å². The van der Waals surface area contributed by atoms with E-state index in [0.29, 0.717) is 12.6 Å². The number of hydrogen-bond acceptors (Lipinski definition) is 3. The molecule has 23 heavy (non-hydrogen) atoms. The van der Waals surface area contributed by atoms with Crippen molar-refractivity contribution in [1.29, 1.82) is 0 Å². The minimum absolute atomic E-state index is 0.0534. The molecule has 0 heterocycles. The summed E-state index contributed by atoms with van der Waals surface area (Å²) in [6.45, 7) is 5.34. The lowest BCUT2D eigenvalue weighted by Gasteiger charge is -2.39. The van der Waals surface area contributed by atoms with E-state index in [4.69, 9.17) is 0 Å². The normalized spacial score (nSPS) is 18.5. The van der Waals surface area contributed by atoms with Crippen LogP contribution >= 0.6 is 0 Å². The Hall–Kier alpha value is -1.39. The van der Waals surface area contributed by atoms with Gasteiger partial charge in [0.25, 0.3) is 0 Å². The maximum atomic E-state index is 12.2. The van der Waals surface area contributed by atoms with Crippen LogP contribution in [0.15, 0.2) is 24.3 Å². The van der Waals surface area contributed by atoms with Gasteiger partial charge < -0.3 is 10.4 Å². The summed E-state index contributed by atoms with van der Waals surface area (Å²) < 4.78 is 0. The van der Waals surface area contributed by atoms with E-state index in [1.54, 1.807) is 0 Å². The SMILES string of the molecule is CCCNC(=O)CN([C@@H](CC)CO)[C@H]1CCc2ccccc2C1. The molecule has 1 aromatic rings. The van der Waals surface area contributed by atoms with Gasteiger partial charge in [0.1, 0.15) is 0 Å². The molecule has 2 N–H and O–H groups in total. The molecule has 0 bridgehead atoms. The molecule has 0 aliphatic heterocycles. The average Bonchev–Trinajstić information content (AvgIpc) is 2.59. The Morgan fingerprint density at radius 1 is 1.35 bits per heavy atom. The first-order valence-electron chi connectivity index (χ1n) is 8.89. The van der Waals surface area contributed by atoms with Gasteiger partial charge in [-0.05, 0) is 43.2 Å². The third-order valence-electron chi connectivity index (χ3n) is 4.84. The monoisotopic (exact) mass is 318 g/mol. The van der Waals surface area contributed by atoms with Gasteiger partial charge in [0.15, 0.2) is 0 Å². The van der Waals surface area contributed by atoms with Gasteiger partial charge in [-0.25, -0.2) is 0 Å². The quantitative estimate of drug-likeness (QED) is 0.772. The molecule has 128 valence electrons. The number of carbonyl (C=O) groups excluding carboxylic acids is 1. The number of benzene rings is 1. The van der Waals surface area contributed by atoms with Crippen molar-refractivity contribution in [2.24, 2.45) is 0 Å². The first-order chi connectivity index (χ1) is 11.2. The van der Waals surface area contributed by atoms with E-state index in [0.717, 1.165) is 38.6 Å².